The topological polar surface area (TPSA) is 119 Å². The summed E-state index contributed by atoms with van der Waals surface area (Å²) in [5.41, 5.74) is 2.11. The summed E-state index contributed by atoms with van der Waals surface area (Å²) in [4.78, 5) is 41.9. The van der Waals surface area contributed by atoms with Gasteiger partial charge in [0.25, 0.3) is 0 Å². The average Bonchev–Trinajstić information content (AvgIpc) is 3.27. The number of nitrogens with one attached hydrogen (secondary N) is 1. The van der Waals surface area contributed by atoms with Gasteiger partial charge in [-0.05, 0) is 19.1 Å². The van der Waals surface area contributed by atoms with Crippen LogP contribution in [0.15, 0.2) is 24.5 Å². The molecule has 35 heavy (non-hydrogen) atoms. The van der Waals surface area contributed by atoms with Gasteiger partial charge in [0.2, 0.25) is 11.9 Å². The largest absolute Gasteiger partial charge is 0.494 e. The number of aromatic nitrogens is 3. The van der Waals surface area contributed by atoms with Gasteiger partial charge in [0.05, 0.1) is 48.8 Å². The molecular weight excluding hydrogens is 472 g/mol. The van der Waals surface area contributed by atoms with Crippen molar-refractivity contribution in [3.63, 3.8) is 0 Å². The van der Waals surface area contributed by atoms with Gasteiger partial charge in [-0.25, -0.2) is 19.7 Å². The third-order valence-electron chi connectivity index (χ3n) is 5.97. The Morgan fingerprint density at radius 1 is 1.17 bits per heavy atom. The summed E-state index contributed by atoms with van der Waals surface area (Å²) in [6, 6.07) is 3.95. The number of fused-ring (bicyclic) bond motifs is 1. The molecule has 0 bridgehead atoms. The van der Waals surface area contributed by atoms with Gasteiger partial charge in [-0.15, -0.1) is 0 Å². The normalized spacial score (nSPS) is 16.2. The molecule has 11 nitrogen and oxygen atoms in total. The summed E-state index contributed by atoms with van der Waals surface area (Å²) in [5, 5.41) is 3.51. The van der Waals surface area contributed by atoms with E-state index in [1.165, 1.54) is 23.7 Å². The second kappa shape index (κ2) is 10.0. The van der Waals surface area contributed by atoms with E-state index in [0.717, 1.165) is 29.0 Å². The van der Waals surface area contributed by atoms with Crippen molar-refractivity contribution in [3.8, 4) is 5.75 Å². The lowest BCUT2D eigenvalue weighted by Crippen LogP contribution is -2.52. The minimum absolute atomic E-state index is 0.102. The second-order valence-corrected chi connectivity index (χ2v) is 9.17. The fraction of sp³-hybridized carbons (Fsp3) is 0.435. The van der Waals surface area contributed by atoms with E-state index in [1.54, 1.807) is 14.0 Å². The third-order valence-corrected chi connectivity index (χ3v) is 6.97. The maximum atomic E-state index is 12.9. The molecule has 2 fully saturated rings. The molecule has 4 heterocycles. The molecule has 2 saturated heterocycles. The molecule has 2 aliphatic rings. The number of benzene rings is 1. The Labute approximate surface area is 206 Å². The minimum Gasteiger partial charge on any atom is -0.494 e. The number of amides is 1. The number of rotatable bonds is 7. The number of hydrogen-bond acceptors (Lipinski definition) is 11. The number of carbonyl (C=O) groups is 2. The van der Waals surface area contributed by atoms with E-state index in [4.69, 9.17) is 14.2 Å². The Morgan fingerprint density at radius 2 is 1.91 bits per heavy atom. The molecule has 1 amide bonds. The first-order valence-corrected chi connectivity index (χ1v) is 12.2. The van der Waals surface area contributed by atoms with Crippen molar-refractivity contribution in [2.75, 3.05) is 68.2 Å². The van der Waals surface area contributed by atoms with Crippen molar-refractivity contribution < 1.29 is 23.8 Å². The Bertz CT molecular complexity index is 1220. The van der Waals surface area contributed by atoms with Crippen LogP contribution in [0.25, 0.3) is 10.2 Å². The molecule has 0 aliphatic carbocycles. The van der Waals surface area contributed by atoms with Crippen LogP contribution in [0.1, 0.15) is 17.3 Å². The van der Waals surface area contributed by atoms with E-state index in [9.17, 15) is 9.59 Å². The van der Waals surface area contributed by atoms with Crippen LogP contribution in [-0.4, -0.2) is 79.9 Å². The monoisotopic (exact) mass is 498 g/mol. The van der Waals surface area contributed by atoms with E-state index in [1.807, 2.05) is 17.0 Å². The van der Waals surface area contributed by atoms with Gasteiger partial charge in [-0.3, -0.25) is 4.79 Å². The summed E-state index contributed by atoms with van der Waals surface area (Å²) in [6.07, 6.45) is 2.88. The highest BCUT2D eigenvalue weighted by molar-refractivity contribution is 7.23. The van der Waals surface area contributed by atoms with Crippen LogP contribution in [-0.2, 0) is 14.3 Å². The average molecular weight is 499 g/mol. The zero-order valence-electron chi connectivity index (χ0n) is 19.5. The van der Waals surface area contributed by atoms with E-state index in [2.05, 4.69) is 25.2 Å². The number of nitrogens with zero attached hydrogens (tertiary/aromatic N) is 5. The van der Waals surface area contributed by atoms with E-state index >= 15 is 0 Å². The SMILES string of the molecule is CCOC(=O)c1cnc(N2CC(C(=O)Nc3nc4c(OC)ccc(N5CCOCC5)c4s3)C2)nc1. The fourth-order valence-electron chi connectivity index (χ4n) is 4.06. The molecule has 2 aromatic heterocycles. The highest BCUT2D eigenvalue weighted by Gasteiger charge is 2.35. The summed E-state index contributed by atoms with van der Waals surface area (Å²) < 4.78 is 16.9. The predicted molar refractivity (Wildman–Crippen MR) is 132 cm³/mol. The molecule has 0 unspecified atom stereocenters. The molecule has 0 radical (unpaired) electrons. The van der Waals surface area contributed by atoms with Crippen LogP contribution >= 0.6 is 11.3 Å². The number of thiazole rings is 1. The van der Waals surface area contributed by atoms with Gasteiger partial charge < -0.3 is 29.3 Å². The highest BCUT2D eigenvalue weighted by Crippen LogP contribution is 2.40. The van der Waals surface area contributed by atoms with Crippen molar-refractivity contribution in [1.29, 1.82) is 0 Å². The second-order valence-electron chi connectivity index (χ2n) is 8.17. The van der Waals surface area contributed by atoms with Gasteiger partial charge in [0, 0.05) is 38.6 Å². The molecule has 5 rings (SSSR count). The lowest BCUT2D eigenvalue weighted by molar-refractivity contribution is -0.120. The van der Waals surface area contributed by atoms with Crippen LogP contribution in [0.4, 0.5) is 16.8 Å². The smallest absolute Gasteiger partial charge is 0.341 e. The van der Waals surface area contributed by atoms with Gasteiger partial charge in [0.15, 0.2) is 5.13 Å². The zero-order chi connectivity index (χ0) is 24.4. The molecule has 3 aromatic rings. The molecule has 0 spiro atoms. The quantitative estimate of drug-likeness (QED) is 0.486. The number of carbonyl (C=O) groups excluding carboxylic acids is 2. The maximum Gasteiger partial charge on any atom is 0.341 e. The number of ether oxygens (including phenoxy) is 3. The number of hydrogen-bond donors (Lipinski definition) is 1. The highest BCUT2D eigenvalue weighted by atomic mass is 32.1. The Hall–Kier alpha value is -3.51. The fourth-order valence-corrected chi connectivity index (χ4v) is 5.09. The van der Waals surface area contributed by atoms with Crippen molar-refractivity contribution in [2.24, 2.45) is 5.92 Å². The first kappa shape index (κ1) is 23.2. The first-order chi connectivity index (χ1) is 17.1. The Balaban J connectivity index is 1.24. The third kappa shape index (κ3) is 4.71. The van der Waals surface area contributed by atoms with Crippen molar-refractivity contribution in [3.05, 3.63) is 30.1 Å². The van der Waals surface area contributed by atoms with Crippen molar-refractivity contribution in [2.45, 2.75) is 6.92 Å². The Morgan fingerprint density at radius 3 is 2.60 bits per heavy atom. The van der Waals surface area contributed by atoms with Crippen LogP contribution in [0.5, 0.6) is 5.75 Å². The van der Waals surface area contributed by atoms with E-state index < -0.39 is 5.97 Å². The Kier molecular flexibility index (Phi) is 6.64. The standard InChI is InChI=1S/C23H26N6O5S/c1-3-34-21(31)14-10-24-22(25-11-14)29-12-15(13-29)20(30)27-23-26-18-17(32-2)5-4-16(19(18)35-23)28-6-8-33-9-7-28/h4-5,10-11,15H,3,6-9,12-13H2,1-2H3,(H,26,27,30). The number of esters is 1. The van der Waals surface area contributed by atoms with Crippen LogP contribution < -0.4 is 19.9 Å². The lowest BCUT2D eigenvalue weighted by Gasteiger charge is -2.37. The first-order valence-electron chi connectivity index (χ1n) is 11.4. The van der Waals surface area contributed by atoms with Gasteiger partial charge in [-0.1, -0.05) is 11.3 Å². The minimum atomic E-state index is -0.454. The van der Waals surface area contributed by atoms with Gasteiger partial charge in [0.1, 0.15) is 11.3 Å². The predicted octanol–water partition coefficient (Wildman–Crippen LogP) is 2.18. The molecule has 0 saturated carbocycles. The summed E-state index contributed by atoms with van der Waals surface area (Å²) in [7, 11) is 1.62. The lowest BCUT2D eigenvalue weighted by atomic mass is 10.00. The molecule has 12 heteroatoms. The van der Waals surface area contributed by atoms with Crippen LogP contribution in [0, 0.1) is 5.92 Å². The van der Waals surface area contributed by atoms with Gasteiger partial charge >= 0.3 is 5.97 Å². The summed E-state index contributed by atoms with van der Waals surface area (Å²) >= 11 is 1.45. The maximum absolute atomic E-state index is 12.9. The number of anilines is 3. The van der Waals surface area contributed by atoms with E-state index in [-0.39, 0.29) is 11.8 Å². The molecule has 1 N–H and O–H groups in total. The van der Waals surface area contributed by atoms with E-state index in [0.29, 0.717) is 55.3 Å². The molecule has 2 aliphatic heterocycles. The van der Waals surface area contributed by atoms with Crippen LogP contribution in [0.3, 0.4) is 0 Å². The van der Waals surface area contributed by atoms with Crippen LogP contribution in [0.2, 0.25) is 0 Å². The number of morpholine rings is 1. The van der Waals surface area contributed by atoms with Crippen molar-refractivity contribution >= 4 is 50.2 Å². The molecule has 0 atom stereocenters. The molecule has 184 valence electrons. The zero-order valence-corrected chi connectivity index (χ0v) is 20.3. The molecular formula is C23H26N6O5S. The van der Waals surface area contributed by atoms with Gasteiger partial charge in [-0.2, -0.15) is 0 Å². The van der Waals surface area contributed by atoms with Crippen molar-refractivity contribution in [1.82, 2.24) is 15.0 Å². The molecule has 1 aromatic carbocycles. The summed E-state index contributed by atoms with van der Waals surface area (Å²) in [5.74, 6) is 0.379. The summed E-state index contributed by atoms with van der Waals surface area (Å²) in [6.45, 7) is 5.98. The number of methoxy groups -OCH3 is 1.